The lowest BCUT2D eigenvalue weighted by Crippen LogP contribution is -2.26. The van der Waals surface area contributed by atoms with Gasteiger partial charge in [0.15, 0.2) is 12.9 Å². The summed E-state index contributed by atoms with van der Waals surface area (Å²) in [6, 6.07) is 6.18. The molecular weight excluding hydrogens is 488 g/mol. The molecule has 1 saturated carbocycles. The number of carboxylic acid groups (broad SMARTS) is 1. The second-order valence-corrected chi connectivity index (χ2v) is 10.1. The highest BCUT2D eigenvalue weighted by Gasteiger charge is 2.39. The summed E-state index contributed by atoms with van der Waals surface area (Å²) in [6.45, 7) is 14.8. The monoisotopic (exact) mass is 550 g/mol. The largest absolute Gasteiger partial charge is 0.482 e. The Kier molecular flexibility index (Phi) is 23.2. The molecule has 2 fully saturated rings. The number of fused-ring (bicyclic) bond motifs is 2. The van der Waals surface area contributed by atoms with E-state index in [2.05, 4.69) is 13.0 Å². The Labute approximate surface area is 241 Å². The lowest BCUT2D eigenvalue weighted by atomic mass is 9.73. The summed E-state index contributed by atoms with van der Waals surface area (Å²) in [6.07, 6.45) is 17.2. The average molecular weight is 551 g/mol. The van der Waals surface area contributed by atoms with Crippen LogP contribution in [0.15, 0.2) is 18.2 Å². The van der Waals surface area contributed by atoms with E-state index in [1.54, 1.807) is 0 Å². The van der Waals surface area contributed by atoms with Crippen LogP contribution in [0.5, 0.6) is 5.75 Å². The molecule has 2 N–H and O–H groups in total. The molecule has 0 aromatic heterocycles. The smallest absolute Gasteiger partial charge is 0.341 e. The summed E-state index contributed by atoms with van der Waals surface area (Å²) < 4.78 is 10.4. The number of hydrogen-bond acceptors (Lipinski definition) is 4. The molecule has 1 heterocycles. The van der Waals surface area contributed by atoms with Crippen molar-refractivity contribution in [2.45, 2.75) is 145 Å². The number of rotatable bonds is 10. The van der Waals surface area contributed by atoms with Crippen molar-refractivity contribution in [1.82, 2.24) is 0 Å². The third-order valence-corrected chi connectivity index (χ3v) is 7.71. The van der Waals surface area contributed by atoms with Gasteiger partial charge >= 0.3 is 5.97 Å². The molecule has 1 saturated heterocycles. The molecule has 2 unspecified atom stereocenters. The number of aliphatic hydroxyl groups is 1. The van der Waals surface area contributed by atoms with Crippen molar-refractivity contribution in [2.24, 2.45) is 17.8 Å². The molecule has 4 atom stereocenters. The molecule has 4 rings (SSSR count). The second-order valence-electron chi connectivity index (χ2n) is 10.1. The minimum atomic E-state index is -0.906. The van der Waals surface area contributed by atoms with Gasteiger partial charge in [0, 0.05) is 6.61 Å². The Bertz CT molecular complexity index is 714. The minimum absolute atomic E-state index is 0.245. The fourth-order valence-corrected chi connectivity index (χ4v) is 5.92. The van der Waals surface area contributed by atoms with Crippen molar-refractivity contribution in [1.29, 1.82) is 0 Å². The van der Waals surface area contributed by atoms with Crippen LogP contribution >= 0.6 is 0 Å². The van der Waals surface area contributed by atoms with E-state index >= 15 is 0 Å². The molecule has 3 aliphatic rings. The first-order valence-electron chi connectivity index (χ1n) is 16.3. The van der Waals surface area contributed by atoms with Crippen LogP contribution in [0.2, 0.25) is 0 Å². The van der Waals surface area contributed by atoms with E-state index < -0.39 is 12.3 Å². The first-order chi connectivity index (χ1) is 19.1. The molecule has 1 aromatic rings. The highest BCUT2D eigenvalue weighted by Crippen LogP contribution is 2.48. The van der Waals surface area contributed by atoms with E-state index in [0.717, 1.165) is 62.2 Å². The summed E-state index contributed by atoms with van der Waals surface area (Å²) in [5.41, 5.74) is 2.67. The van der Waals surface area contributed by atoms with Crippen molar-refractivity contribution in [3.63, 3.8) is 0 Å². The van der Waals surface area contributed by atoms with Crippen LogP contribution in [0.3, 0.4) is 0 Å². The number of ether oxygens (including phenoxy) is 2. The number of aliphatic hydroxyl groups excluding tert-OH is 1. The van der Waals surface area contributed by atoms with E-state index in [1.807, 2.05) is 53.7 Å². The van der Waals surface area contributed by atoms with Crippen molar-refractivity contribution in [3.8, 4) is 5.75 Å². The predicted octanol–water partition coefficient (Wildman–Crippen LogP) is 9.23. The standard InChI is InChI=1S/C23H34O3.C5H10O2.3C2H6/c1-2-3-4-5-6-7-9-17-12-13-19-15-21-18(14-20(17)19)10-8-11-22(21)26-16-23(24)25;6-5-3-1-2-4-7-5;3*1-2/h8,10-11,17,19-20H,2-7,9,12-16H2,1H3,(H,24,25);5-6H,1-4H2;3*1-2H3/t17?,19-,20-;;;;/m1..../s1. The topological polar surface area (TPSA) is 76.0 Å². The molecule has 0 radical (unpaired) electrons. The molecule has 2 aliphatic carbocycles. The van der Waals surface area contributed by atoms with Gasteiger partial charge in [0.05, 0.1) is 0 Å². The number of carbonyl (C=O) groups is 1. The number of unbranched alkanes of at least 4 members (excludes halogenated alkanes) is 5. The maximum Gasteiger partial charge on any atom is 0.341 e. The van der Waals surface area contributed by atoms with Gasteiger partial charge in [-0.1, -0.05) is 106 Å². The average Bonchev–Trinajstić information content (AvgIpc) is 3.38. The quantitative estimate of drug-likeness (QED) is 0.284. The van der Waals surface area contributed by atoms with E-state index in [1.165, 1.54) is 68.9 Å². The molecule has 1 aliphatic heterocycles. The number of carboxylic acids is 1. The van der Waals surface area contributed by atoms with Gasteiger partial charge in [0.25, 0.3) is 0 Å². The van der Waals surface area contributed by atoms with Crippen molar-refractivity contribution < 1.29 is 24.5 Å². The lowest BCUT2D eigenvalue weighted by Gasteiger charge is -2.32. The fraction of sp³-hybridized carbons (Fsp3) is 0.794. The highest BCUT2D eigenvalue weighted by atomic mass is 16.6. The summed E-state index contributed by atoms with van der Waals surface area (Å²) in [7, 11) is 0. The zero-order valence-corrected chi connectivity index (χ0v) is 26.5. The number of hydrogen-bond donors (Lipinski definition) is 2. The molecule has 5 heteroatoms. The van der Waals surface area contributed by atoms with Gasteiger partial charge < -0.3 is 19.7 Å². The van der Waals surface area contributed by atoms with Crippen LogP contribution in [0.25, 0.3) is 0 Å². The Hall–Kier alpha value is -1.59. The summed E-state index contributed by atoms with van der Waals surface area (Å²) in [4.78, 5) is 10.8. The van der Waals surface area contributed by atoms with Crippen LogP contribution < -0.4 is 4.74 Å². The van der Waals surface area contributed by atoms with Gasteiger partial charge in [0.1, 0.15) is 5.75 Å². The van der Waals surface area contributed by atoms with E-state index in [0.29, 0.717) is 0 Å². The molecule has 39 heavy (non-hydrogen) atoms. The van der Waals surface area contributed by atoms with Crippen LogP contribution in [0.1, 0.15) is 137 Å². The van der Waals surface area contributed by atoms with E-state index in [-0.39, 0.29) is 6.61 Å². The van der Waals surface area contributed by atoms with E-state index in [9.17, 15) is 4.79 Å². The van der Waals surface area contributed by atoms with Crippen LogP contribution in [0.4, 0.5) is 0 Å². The van der Waals surface area contributed by atoms with Gasteiger partial charge in [-0.2, -0.15) is 0 Å². The summed E-state index contributed by atoms with van der Waals surface area (Å²) in [5, 5.41) is 17.6. The van der Waals surface area contributed by atoms with Crippen LogP contribution in [-0.4, -0.2) is 35.7 Å². The van der Waals surface area contributed by atoms with E-state index in [4.69, 9.17) is 19.7 Å². The Balaban J connectivity index is 0.000000932. The third-order valence-electron chi connectivity index (χ3n) is 7.71. The first kappa shape index (κ1) is 37.4. The van der Waals surface area contributed by atoms with Crippen molar-refractivity contribution in [3.05, 3.63) is 29.3 Å². The van der Waals surface area contributed by atoms with Crippen molar-refractivity contribution in [2.75, 3.05) is 13.2 Å². The summed E-state index contributed by atoms with van der Waals surface area (Å²) in [5.74, 6) is 2.37. The number of benzene rings is 1. The molecule has 0 spiro atoms. The van der Waals surface area contributed by atoms with Gasteiger partial charge in [0.2, 0.25) is 0 Å². The third kappa shape index (κ3) is 14.6. The molecule has 5 nitrogen and oxygen atoms in total. The normalized spacial score (nSPS) is 22.5. The maximum atomic E-state index is 10.8. The Morgan fingerprint density at radius 2 is 1.62 bits per heavy atom. The predicted molar refractivity (Wildman–Crippen MR) is 165 cm³/mol. The van der Waals surface area contributed by atoms with Crippen LogP contribution in [-0.2, 0) is 22.4 Å². The first-order valence-corrected chi connectivity index (χ1v) is 16.3. The van der Waals surface area contributed by atoms with Gasteiger partial charge in [-0.3, -0.25) is 0 Å². The zero-order chi connectivity index (χ0) is 29.5. The molecule has 0 bridgehead atoms. The number of aliphatic carboxylic acids is 1. The second kappa shape index (κ2) is 24.2. The SMILES string of the molecule is CC.CC.CC.CCCCCCCCC1CC[C@@H]2Cc3c(cccc3OCC(=O)O)C[C@H]12.OC1CCCCO1. The maximum absolute atomic E-state index is 10.8. The molecule has 0 amide bonds. The summed E-state index contributed by atoms with van der Waals surface area (Å²) >= 11 is 0. The fourth-order valence-electron chi connectivity index (χ4n) is 5.92. The highest BCUT2D eigenvalue weighted by molar-refractivity contribution is 5.68. The zero-order valence-electron chi connectivity index (χ0n) is 26.5. The Morgan fingerprint density at radius 3 is 2.21 bits per heavy atom. The minimum Gasteiger partial charge on any atom is -0.482 e. The van der Waals surface area contributed by atoms with Gasteiger partial charge in [-0.15, -0.1) is 0 Å². The lowest BCUT2D eigenvalue weighted by molar-refractivity contribution is -0.139. The van der Waals surface area contributed by atoms with Gasteiger partial charge in [-0.05, 0) is 79.9 Å². The molecule has 228 valence electrons. The van der Waals surface area contributed by atoms with Crippen molar-refractivity contribution >= 4 is 5.97 Å². The van der Waals surface area contributed by atoms with Gasteiger partial charge in [-0.25, -0.2) is 4.79 Å². The molecular formula is C34H62O5. The Morgan fingerprint density at radius 1 is 0.923 bits per heavy atom. The molecule has 1 aromatic carbocycles. The van der Waals surface area contributed by atoms with Crippen LogP contribution in [0, 0.1) is 17.8 Å².